The molecule has 0 N–H and O–H groups in total. The van der Waals surface area contributed by atoms with Crippen LogP contribution in [0.1, 0.15) is 81.8 Å². The number of rotatable bonds is 12. The molecular formula is C26H36O. The summed E-state index contributed by atoms with van der Waals surface area (Å²) in [7, 11) is 0. The minimum absolute atomic E-state index is 0.531. The van der Waals surface area contributed by atoms with Crippen molar-refractivity contribution in [2.75, 3.05) is 6.61 Å². The largest absolute Gasteiger partial charge is 0.373 e. The van der Waals surface area contributed by atoms with Gasteiger partial charge in [-0.15, -0.1) is 0 Å². The first-order valence-electron chi connectivity index (χ1n) is 11.0. The van der Waals surface area contributed by atoms with Gasteiger partial charge in [-0.25, -0.2) is 0 Å². The van der Waals surface area contributed by atoms with E-state index in [1.165, 1.54) is 56.1 Å². The molecule has 0 amide bonds. The van der Waals surface area contributed by atoms with Crippen molar-refractivity contribution in [2.24, 2.45) is 5.92 Å². The van der Waals surface area contributed by atoms with E-state index in [9.17, 15) is 0 Å². The molecule has 1 fully saturated rings. The van der Waals surface area contributed by atoms with Gasteiger partial charge in [0.2, 0.25) is 0 Å². The van der Waals surface area contributed by atoms with Crippen LogP contribution in [0.25, 0.3) is 0 Å². The molecule has 0 spiro atoms. The lowest BCUT2D eigenvalue weighted by molar-refractivity contribution is 0.285. The topological polar surface area (TPSA) is 12.5 Å². The van der Waals surface area contributed by atoms with Gasteiger partial charge in [-0.2, -0.15) is 0 Å². The van der Waals surface area contributed by atoms with Crippen LogP contribution in [-0.4, -0.2) is 12.7 Å². The molecule has 0 aromatic heterocycles. The Labute approximate surface area is 166 Å². The van der Waals surface area contributed by atoms with Crippen LogP contribution >= 0.6 is 0 Å². The molecule has 1 aliphatic rings. The lowest BCUT2D eigenvalue weighted by atomic mass is 9.85. The van der Waals surface area contributed by atoms with Gasteiger partial charge in [0, 0.05) is 0 Å². The van der Waals surface area contributed by atoms with E-state index >= 15 is 0 Å². The molecule has 1 heteroatoms. The van der Waals surface area contributed by atoms with E-state index in [1.807, 2.05) is 0 Å². The SMILES string of the molecule is CCC(CCCCCC(CC(C)c1ccccc1)C1CO1)c1ccccc1. The van der Waals surface area contributed by atoms with Crippen LogP contribution in [0.15, 0.2) is 60.7 Å². The number of ether oxygens (including phenoxy) is 1. The normalized spacial score (nSPS) is 19.4. The van der Waals surface area contributed by atoms with Crippen LogP contribution in [0, 0.1) is 5.92 Å². The summed E-state index contributed by atoms with van der Waals surface area (Å²) in [4.78, 5) is 0. The number of hydrogen-bond donors (Lipinski definition) is 0. The van der Waals surface area contributed by atoms with Gasteiger partial charge in [-0.3, -0.25) is 0 Å². The Balaban J connectivity index is 1.39. The lowest BCUT2D eigenvalue weighted by Crippen LogP contribution is -2.12. The predicted octanol–water partition coefficient (Wildman–Crippen LogP) is 7.34. The maximum Gasteiger partial charge on any atom is 0.0838 e. The lowest BCUT2D eigenvalue weighted by Gasteiger charge is -2.20. The third kappa shape index (κ3) is 6.50. The van der Waals surface area contributed by atoms with Crippen molar-refractivity contribution in [1.82, 2.24) is 0 Å². The van der Waals surface area contributed by atoms with Gasteiger partial charge in [0.1, 0.15) is 0 Å². The van der Waals surface area contributed by atoms with E-state index in [0.29, 0.717) is 12.0 Å². The van der Waals surface area contributed by atoms with E-state index in [-0.39, 0.29) is 0 Å². The van der Waals surface area contributed by atoms with Crippen molar-refractivity contribution in [2.45, 2.75) is 76.7 Å². The monoisotopic (exact) mass is 364 g/mol. The molecule has 1 saturated heterocycles. The maximum atomic E-state index is 5.68. The van der Waals surface area contributed by atoms with Gasteiger partial charge < -0.3 is 4.74 Å². The molecule has 1 heterocycles. The van der Waals surface area contributed by atoms with Gasteiger partial charge in [0.05, 0.1) is 12.7 Å². The average molecular weight is 365 g/mol. The van der Waals surface area contributed by atoms with Crippen molar-refractivity contribution in [3.63, 3.8) is 0 Å². The van der Waals surface area contributed by atoms with Gasteiger partial charge in [0.15, 0.2) is 0 Å². The maximum absolute atomic E-state index is 5.68. The second kappa shape index (κ2) is 10.7. The summed E-state index contributed by atoms with van der Waals surface area (Å²) in [6, 6.07) is 22.0. The summed E-state index contributed by atoms with van der Waals surface area (Å²) in [5.41, 5.74) is 2.98. The zero-order chi connectivity index (χ0) is 18.9. The van der Waals surface area contributed by atoms with Gasteiger partial charge in [-0.1, -0.05) is 93.8 Å². The number of epoxide rings is 1. The Kier molecular flexibility index (Phi) is 7.95. The minimum atomic E-state index is 0.531. The predicted molar refractivity (Wildman–Crippen MR) is 115 cm³/mol. The molecular weight excluding hydrogens is 328 g/mol. The van der Waals surface area contributed by atoms with Crippen molar-refractivity contribution in [1.29, 1.82) is 0 Å². The van der Waals surface area contributed by atoms with Crippen molar-refractivity contribution in [3.05, 3.63) is 71.8 Å². The van der Waals surface area contributed by atoms with E-state index < -0.39 is 0 Å². The van der Waals surface area contributed by atoms with Crippen molar-refractivity contribution < 1.29 is 4.74 Å². The fourth-order valence-corrected chi connectivity index (χ4v) is 4.46. The summed E-state index contributed by atoms with van der Waals surface area (Å²) in [6.45, 7) is 5.68. The second-order valence-electron chi connectivity index (χ2n) is 8.33. The summed E-state index contributed by atoms with van der Waals surface area (Å²) in [5.74, 6) is 2.09. The van der Waals surface area contributed by atoms with E-state index in [0.717, 1.165) is 18.4 Å². The Morgan fingerprint density at radius 3 is 2.04 bits per heavy atom. The third-order valence-electron chi connectivity index (χ3n) is 6.30. The summed E-state index contributed by atoms with van der Waals surface area (Å²) in [5, 5.41) is 0. The molecule has 146 valence electrons. The van der Waals surface area contributed by atoms with Crippen LogP contribution in [0.5, 0.6) is 0 Å². The van der Waals surface area contributed by atoms with Crippen LogP contribution < -0.4 is 0 Å². The molecule has 0 radical (unpaired) electrons. The van der Waals surface area contributed by atoms with Gasteiger partial charge >= 0.3 is 0 Å². The molecule has 0 aliphatic carbocycles. The smallest absolute Gasteiger partial charge is 0.0838 e. The number of unbranched alkanes of at least 4 members (excludes halogenated alkanes) is 2. The fraction of sp³-hybridized carbons (Fsp3) is 0.538. The highest BCUT2D eigenvalue weighted by molar-refractivity contribution is 5.19. The summed E-state index contributed by atoms with van der Waals surface area (Å²) >= 11 is 0. The summed E-state index contributed by atoms with van der Waals surface area (Å²) < 4.78 is 5.68. The third-order valence-corrected chi connectivity index (χ3v) is 6.30. The molecule has 4 unspecified atom stereocenters. The van der Waals surface area contributed by atoms with Crippen molar-refractivity contribution in [3.8, 4) is 0 Å². The fourth-order valence-electron chi connectivity index (χ4n) is 4.46. The molecule has 2 aromatic carbocycles. The Morgan fingerprint density at radius 2 is 1.44 bits per heavy atom. The van der Waals surface area contributed by atoms with Crippen molar-refractivity contribution >= 4 is 0 Å². The zero-order valence-corrected chi connectivity index (χ0v) is 17.1. The molecule has 4 atom stereocenters. The quantitative estimate of drug-likeness (QED) is 0.283. The van der Waals surface area contributed by atoms with E-state index in [1.54, 1.807) is 0 Å². The van der Waals surface area contributed by atoms with Gasteiger partial charge in [-0.05, 0) is 54.6 Å². The standard InChI is InChI=1S/C26H36O/c1-3-22(24-16-10-6-11-17-24)13-7-4-12-18-25(26-20-27-26)19-21(2)23-14-8-5-9-15-23/h5-6,8-11,14-17,21-22,25-26H,3-4,7,12-13,18-20H2,1-2H3. The zero-order valence-electron chi connectivity index (χ0n) is 17.1. The number of benzene rings is 2. The average Bonchev–Trinajstić information content (AvgIpc) is 3.56. The summed E-state index contributed by atoms with van der Waals surface area (Å²) in [6.07, 6.45) is 9.73. The first kappa shape index (κ1) is 20.1. The molecule has 0 saturated carbocycles. The highest BCUT2D eigenvalue weighted by atomic mass is 16.6. The molecule has 1 nitrogen and oxygen atoms in total. The van der Waals surface area contributed by atoms with Crippen LogP contribution in [0.3, 0.4) is 0 Å². The van der Waals surface area contributed by atoms with Gasteiger partial charge in [0.25, 0.3) is 0 Å². The minimum Gasteiger partial charge on any atom is -0.373 e. The van der Waals surface area contributed by atoms with E-state index in [2.05, 4.69) is 74.5 Å². The molecule has 3 rings (SSSR count). The highest BCUT2D eigenvalue weighted by Gasteiger charge is 2.33. The molecule has 2 aromatic rings. The Morgan fingerprint density at radius 1 is 0.852 bits per heavy atom. The Bertz CT molecular complexity index is 632. The highest BCUT2D eigenvalue weighted by Crippen LogP contribution is 2.34. The molecule has 27 heavy (non-hydrogen) atoms. The molecule has 1 aliphatic heterocycles. The first-order chi connectivity index (χ1) is 13.3. The number of hydrogen-bond acceptors (Lipinski definition) is 1. The van der Waals surface area contributed by atoms with E-state index in [4.69, 9.17) is 4.74 Å². The van der Waals surface area contributed by atoms with Crippen LogP contribution in [0.4, 0.5) is 0 Å². The first-order valence-corrected chi connectivity index (χ1v) is 11.0. The Hall–Kier alpha value is -1.60. The molecule has 0 bridgehead atoms. The van der Waals surface area contributed by atoms with Crippen LogP contribution in [-0.2, 0) is 4.74 Å². The van der Waals surface area contributed by atoms with Crippen LogP contribution in [0.2, 0.25) is 0 Å². The second-order valence-corrected chi connectivity index (χ2v) is 8.33.